The molecule has 3 aromatic rings. The molecule has 6 heteroatoms. The number of amides is 1. The molecule has 0 atom stereocenters. The van der Waals surface area contributed by atoms with Crippen LogP contribution in [0.5, 0.6) is 11.5 Å². The van der Waals surface area contributed by atoms with Crippen molar-refractivity contribution in [3.05, 3.63) is 54.4 Å². The molecule has 0 bridgehead atoms. The van der Waals surface area contributed by atoms with Crippen molar-refractivity contribution in [2.75, 3.05) is 0 Å². The van der Waals surface area contributed by atoms with Gasteiger partial charge in [-0.3, -0.25) is 0 Å². The molecule has 0 aliphatic rings. The zero-order valence-corrected chi connectivity index (χ0v) is 12.0. The first-order valence-corrected chi connectivity index (χ1v) is 6.76. The van der Waals surface area contributed by atoms with Gasteiger partial charge in [0.15, 0.2) is 0 Å². The summed E-state index contributed by atoms with van der Waals surface area (Å²) in [7, 11) is 1.94. The third-order valence-electron chi connectivity index (χ3n) is 3.30. The standard InChI is InChI=1S/C16H15N3O3/c1-19-10-18-14-8-13(6-7-15(14)19)22-12-4-2-11(3-5-12)9-17-16(20)21/h2-8,10,17H,9H2,1H3,(H,20,21). The molecule has 0 spiro atoms. The molecule has 0 saturated heterocycles. The van der Waals surface area contributed by atoms with E-state index in [1.165, 1.54) is 0 Å². The van der Waals surface area contributed by atoms with Crippen LogP contribution in [0.25, 0.3) is 11.0 Å². The van der Waals surface area contributed by atoms with Crippen molar-refractivity contribution < 1.29 is 14.6 Å². The number of fused-ring (bicyclic) bond motifs is 1. The van der Waals surface area contributed by atoms with Gasteiger partial charge >= 0.3 is 6.09 Å². The van der Waals surface area contributed by atoms with Gasteiger partial charge in [0.1, 0.15) is 11.5 Å². The van der Waals surface area contributed by atoms with Crippen LogP contribution in [-0.4, -0.2) is 20.8 Å². The average molecular weight is 297 g/mol. The van der Waals surface area contributed by atoms with E-state index < -0.39 is 6.09 Å². The molecule has 0 fully saturated rings. The smallest absolute Gasteiger partial charge is 0.404 e. The summed E-state index contributed by atoms with van der Waals surface area (Å²) in [5.41, 5.74) is 2.79. The van der Waals surface area contributed by atoms with E-state index in [9.17, 15) is 4.79 Å². The van der Waals surface area contributed by atoms with Gasteiger partial charge in [0, 0.05) is 19.7 Å². The average Bonchev–Trinajstić information content (AvgIpc) is 2.87. The molecular weight excluding hydrogens is 282 g/mol. The number of nitrogens with zero attached hydrogens (tertiary/aromatic N) is 2. The van der Waals surface area contributed by atoms with Crippen LogP contribution in [0.3, 0.4) is 0 Å². The van der Waals surface area contributed by atoms with Crippen LogP contribution in [0.2, 0.25) is 0 Å². The molecule has 112 valence electrons. The molecule has 0 aliphatic heterocycles. The molecule has 0 radical (unpaired) electrons. The normalized spacial score (nSPS) is 10.6. The number of carbonyl (C=O) groups is 1. The summed E-state index contributed by atoms with van der Waals surface area (Å²) in [6, 6.07) is 13.0. The van der Waals surface area contributed by atoms with Gasteiger partial charge in [0.2, 0.25) is 0 Å². The van der Waals surface area contributed by atoms with E-state index in [-0.39, 0.29) is 6.54 Å². The number of hydrogen-bond acceptors (Lipinski definition) is 3. The lowest BCUT2D eigenvalue weighted by atomic mass is 10.2. The van der Waals surface area contributed by atoms with Crippen LogP contribution in [0.1, 0.15) is 5.56 Å². The second-order valence-corrected chi connectivity index (χ2v) is 4.91. The zero-order valence-electron chi connectivity index (χ0n) is 12.0. The Kier molecular flexibility index (Phi) is 3.65. The summed E-state index contributed by atoms with van der Waals surface area (Å²) in [5.74, 6) is 1.40. The van der Waals surface area contributed by atoms with E-state index >= 15 is 0 Å². The minimum absolute atomic E-state index is 0.273. The molecule has 2 aromatic carbocycles. The molecule has 0 saturated carbocycles. The van der Waals surface area contributed by atoms with Crippen LogP contribution >= 0.6 is 0 Å². The number of hydrogen-bond donors (Lipinski definition) is 2. The Morgan fingerprint density at radius 2 is 1.95 bits per heavy atom. The third kappa shape index (κ3) is 3.01. The van der Waals surface area contributed by atoms with E-state index in [2.05, 4.69) is 10.3 Å². The summed E-state index contributed by atoms with van der Waals surface area (Å²) in [6.07, 6.45) is 0.725. The van der Waals surface area contributed by atoms with Gasteiger partial charge in [-0.2, -0.15) is 0 Å². The fourth-order valence-corrected chi connectivity index (χ4v) is 2.17. The maximum absolute atomic E-state index is 10.4. The minimum atomic E-state index is -1.04. The molecule has 1 heterocycles. The van der Waals surface area contributed by atoms with Crippen molar-refractivity contribution in [3.63, 3.8) is 0 Å². The highest BCUT2D eigenvalue weighted by Gasteiger charge is 2.03. The lowest BCUT2D eigenvalue weighted by Gasteiger charge is -2.07. The van der Waals surface area contributed by atoms with Crippen molar-refractivity contribution in [1.82, 2.24) is 14.9 Å². The molecule has 0 aliphatic carbocycles. The van der Waals surface area contributed by atoms with Gasteiger partial charge < -0.3 is 19.7 Å². The summed E-state index contributed by atoms with van der Waals surface area (Å²) < 4.78 is 7.74. The highest BCUT2D eigenvalue weighted by atomic mass is 16.5. The number of aromatic nitrogens is 2. The number of aryl methyl sites for hydroxylation is 1. The van der Waals surface area contributed by atoms with E-state index in [1.807, 2.05) is 54.1 Å². The van der Waals surface area contributed by atoms with E-state index in [0.29, 0.717) is 11.5 Å². The van der Waals surface area contributed by atoms with Crippen molar-refractivity contribution in [2.24, 2.45) is 7.05 Å². The van der Waals surface area contributed by atoms with Gasteiger partial charge in [0.25, 0.3) is 0 Å². The molecule has 1 amide bonds. The molecule has 0 unspecified atom stereocenters. The van der Waals surface area contributed by atoms with Crippen molar-refractivity contribution in [2.45, 2.75) is 6.54 Å². The van der Waals surface area contributed by atoms with Gasteiger partial charge in [0.05, 0.1) is 17.4 Å². The van der Waals surface area contributed by atoms with Crippen LogP contribution in [-0.2, 0) is 13.6 Å². The Morgan fingerprint density at radius 1 is 1.23 bits per heavy atom. The molecule has 1 aromatic heterocycles. The maximum Gasteiger partial charge on any atom is 0.404 e. The predicted octanol–water partition coefficient (Wildman–Crippen LogP) is 3.13. The number of nitrogens with one attached hydrogen (secondary N) is 1. The fraction of sp³-hybridized carbons (Fsp3) is 0.125. The molecule has 3 rings (SSSR count). The SMILES string of the molecule is Cn1cnc2cc(Oc3ccc(CNC(=O)O)cc3)ccc21. The lowest BCUT2D eigenvalue weighted by molar-refractivity contribution is 0.194. The second kappa shape index (κ2) is 5.77. The second-order valence-electron chi connectivity index (χ2n) is 4.91. The van der Waals surface area contributed by atoms with Crippen LogP contribution < -0.4 is 10.1 Å². The third-order valence-corrected chi connectivity index (χ3v) is 3.30. The molecular formula is C16H15N3O3. The summed E-state index contributed by atoms with van der Waals surface area (Å²) in [6.45, 7) is 0.273. The molecule has 6 nitrogen and oxygen atoms in total. The van der Waals surface area contributed by atoms with Crippen molar-refractivity contribution >= 4 is 17.1 Å². The topological polar surface area (TPSA) is 76.4 Å². The molecule has 2 N–H and O–H groups in total. The lowest BCUT2D eigenvalue weighted by Crippen LogP contribution is -2.19. The first-order chi connectivity index (χ1) is 10.6. The quantitative estimate of drug-likeness (QED) is 0.775. The number of rotatable bonds is 4. The summed E-state index contributed by atoms with van der Waals surface area (Å²) in [5, 5.41) is 10.9. The first-order valence-electron chi connectivity index (χ1n) is 6.76. The van der Waals surface area contributed by atoms with Crippen LogP contribution in [0, 0.1) is 0 Å². The Labute approximate surface area is 127 Å². The largest absolute Gasteiger partial charge is 0.465 e. The molecule has 22 heavy (non-hydrogen) atoms. The Bertz CT molecular complexity index is 809. The first kappa shape index (κ1) is 13.9. The van der Waals surface area contributed by atoms with E-state index in [1.54, 1.807) is 6.33 Å². The van der Waals surface area contributed by atoms with E-state index in [0.717, 1.165) is 16.6 Å². The number of benzene rings is 2. The fourth-order valence-electron chi connectivity index (χ4n) is 2.17. The summed E-state index contributed by atoms with van der Waals surface area (Å²) in [4.78, 5) is 14.7. The zero-order chi connectivity index (χ0) is 15.5. The van der Waals surface area contributed by atoms with Crippen LogP contribution in [0.4, 0.5) is 4.79 Å². The van der Waals surface area contributed by atoms with Gasteiger partial charge in [-0.05, 0) is 29.8 Å². The van der Waals surface area contributed by atoms with Crippen molar-refractivity contribution in [1.29, 1.82) is 0 Å². The van der Waals surface area contributed by atoms with Gasteiger partial charge in [-0.1, -0.05) is 12.1 Å². The Morgan fingerprint density at radius 3 is 2.68 bits per heavy atom. The highest BCUT2D eigenvalue weighted by Crippen LogP contribution is 2.25. The van der Waals surface area contributed by atoms with Gasteiger partial charge in [-0.15, -0.1) is 0 Å². The number of imidazole rings is 1. The summed E-state index contributed by atoms with van der Waals surface area (Å²) >= 11 is 0. The number of carboxylic acid groups (broad SMARTS) is 1. The maximum atomic E-state index is 10.4. The monoisotopic (exact) mass is 297 g/mol. The minimum Gasteiger partial charge on any atom is -0.465 e. The number of ether oxygens (including phenoxy) is 1. The van der Waals surface area contributed by atoms with Crippen molar-refractivity contribution in [3.8, 4) is 11.5 Å². The van der Waals surface area contributed by atoms with Gasteiger partial charge in [-0.25, -0.2) is 9.78 Å². The van der Waals surface area contributed by atoms with E-state index in [4.69, 9.17) is 9.84 Å². The highest BCUT2D eigenvalue weighted by molar-refractivity contribution is 5.77. The Balaban J connectivity index is 1.72. The Hall–Kier alpha value is -3.02. The van der Waals surface area contributed by atoms with Crippen LogP contribution in [0.15, 0.2) is 48.8 Å². The predicted molar refractivity (Wildman–Crippen MR) is 82.1 cm³/mol.